The molecule has 166 valence electrons. The van der Waals surface area contributed by atoms with Crippen molar-refractivity contribution in [2.24, 2.45) is 5.92 Å². The molecule has 0 bridgehead atoms. The van der Waals surface area contributed by atoms with Crippen LogP contribution in [0.3, 0.4) is 0 Å². The van der Waals surface area contributed by atoms with Crippen molar-refractivity contribution in [1.29, 1.82) is 0 Å². The van der Waals surface area contributed by atoms with Crippen molar-refractivity contribution < 1.29 is 109 Å². The van der Waals surface area contributed by atoms with Gasteiger partial charge in [0.05, 0.1) is 11.6 Å². The van der Waals surface area contributed by atoms with Gasteiger partial charge in [0.2, 0.25) is 5.92 Å². The van der Waals surface area contributed by atoms with E-state index >= 15 is 0 Å². The van der Waals surface area contributed by atoms with Gasteiger partial charge in [0, 0.05) is 71.3 Å². The molecular formula is C17H20F10Y2-2. The zero-order chi connectivity index (χ0) is 22.3. The average molecular weight is 592 g/mol. The minimum Gasteiger partial charge on any atom is -0.280 e. The van der Waals surface area contributed by atoms with Gasteiger partial charge >= 0.3 is 0 Å². The van der Waals surface area contributed by atoms with E-state index in [9.17, 15) is 43.9 Å². The van der Waals surface area contributed by atoms with Crippen LogP contribution in [-0.4, -0.2) is 12.1 Å². The van der Waals surface area contributed by atoms with Crippen molar-refractivity contribution in [2.75, 3.05) is 0 Å². The third-order valence-corrected chi connectivity index (χ3v) is 3.11. The topological polar surface area (TPSA) is 0 Å². The molecule has 0 saturated heterocycles. The Balaban J connectivity index is -0.000000170. The molecule has 0 saturated carbocycles. The van der Waals surface area contributed by atoms with Gasteiger partial charge < -0.3 is 0 Å². The van der Waals surface area contributed by atoms with E-state index < -0.39 is 58.6 Å². The standard InChI is InChI=1S/C8H4F5.C5H10F2.C4H6F3.2Y/c1-2-3-4(9)6(11)8(13)7(12)5(3)10;1-4(2)5(3,6)7;1-3(2)4(5,6)7;;/h2H,1H3;4H,1-3H3;1-2H3;;/q-1;;-1;;. The van der Waals surface area contributed by atoms with Crippen LogP contribution in [0, 0.1) is 47.3 Å². The van der Waals surface area contributed by atoms with E-state index in [2.05, 4.69) is 0 Å². The molecule has 29 heavy (non-hydrogen) atoms. The Kier molecular flexibility index (Phi) is 19.6. The van der Waals surface area contributed by atoms with E-state index in [-0.39, 0.29) is 65.4 Å². The summed E-state index contributed by atoms with van der Waals surface area (Å²) in [7, 11) is 0. The van der Waals surface area contributed by atoms with E-state index in [1.165, 1.54) is 20.8 Å². The van der Waals surface area contributed by atoms with E-state index in [1.807, 2.05) is 0 Å². The SMILES string of the molecule is CC(C)C(C)(F)F.C[C-](C)C(F)(F)F.C[CH-]c1c(F)c(F)c(F)c(F)c1F.[Y].[Y]. The molecule has 2 radical (unpaired) electrons. The fraction of sp³-hybridized carbons (Fsp3) is 0.529. The Morgan fingerprint density at radius 3 is 1.07 bits per heavy atom. The molecule has 0 N–H and O–H groups in total. The van der Waals surface area contributed by atoms with Gasteiger partial charge in [0.1, 0.15) is 11.6 Å². The van der Waals surface area contributed by atoms with Crippen molar-refractivity contribution in [3.05, 3.63) is 47.0 Å². The molecule has 0 spiro atoms. The Hall–Kier alpha value is 0.598. The number of benzene rings is 1. The second-order valence-corrected chi connectivity index (χ2v) is 5.88. The summed E-state index contributed by atoms with van der Waals surface area (Å²) in [5.41, 5.74) is -0.906. The van der Waals surface area contributed by atoms with Crippen molar-refractivity contribution in [3.63, 3.8) is 0 Å². The van der Waals surface area contributed by atoms with E-state index in [1.54, 1.807) is 0 Å². The average Bonchev–Trinajstić information content (AvgIpc) is 2.51. The third-order valence-electron chi connectivity index (χ3n) is 3.11. The van der Waals surface area contributed by atoms with Crippen LogP contribution in [0.15, 0.2) is 0 Å². The van der Waals surface area contributed by atoms with Crippen LogP contribution < -0.4 is 0 Å². The van der Waals surface area contributed by atoms with Gasteiger partial charge in [0.25, 0.3) is 6.18 Å². The number of halogens is 10. The number of hydrogen-bond acceptors (Lipinski definition) is 0. The van der Waals surface area contributed by atoms with Crippen LogP contribution in [0.2, 0.25) is 0 Å². The van der Waals surface area contributed by atoms with E-state index in [0.717, 1.165) is 27.2 Å². The van der Waals surface area contributed by atoms with Gasteiger partial charge in [-0.3, -0.25) is 8.78 Å². The Morgan fingerprint density at radius 1 is 0.724 bits per heavy atom. The van der Waals surface area contributed by atoms with Crippen LogP contribution in [0.5, 0.6) is 0 Å². The molecule has 1 rings (SSSR count). The minimum atomic E-state index is -4.08. The maximum Gasteiger partial charge on any atom is 0.272 e. The van der Waals surface area contributed by atoms with Crippen LogP contribution in [0.25, 0.3) is 0 Å². The summed E-state index contributed by atoms with van der Waals surface area (Å²) >= 11 is 0. The largest absolute Gasteiger partial charge is 0.280 e. The molecule has 0 nitrogen and oxygen atoms in total. The summed E-state index contributed by atoms with van der Waals surface area (Å²) < 4.78 is 120. The van der Waals surface area contributed by atoms with Gasteiger partial charge in [-0.25, -0.2) is 41.0 Å². The van der Waals surface area contributed by atoms with E-state index in [4.69, 9.17) is 0 Å². The van der Waals surface area contributed by atoms with Crippen molar-refractivity contribution in [3.8, 4) is 0 Å². The molecule has 0 aliphatic carbocycles. The zero-order valence-electron chi connectivity index (χ0n) is 16.6. The van der Waals surface area contributed by atoms with Crippen molar-refractivity contribution >= 4 is 0 Å². The summed E-state index contributed by atoms with van der Waals surface area (Å²) in [6.45, 7) is 7.19. The van der Waals surface area contributed by atoms with Gasteiger partial charge in [0.15, 0.2) is 5.82 Å². The molecule has 1 aromatic carbocycles. The molecule has 0 atom stereocenters. The first-order valence-corrected chi connectivity index (χ1v) is 7.45. The summed E-state index contributed by atoms with van der Waals surface area (Å²) in [6, 6.07) is 0. The fourth-order valence-corrected chi connectivity index (χ4v) is 0.875. The first kappa shape index (κ1) is 36.9. The number of rotatable bonds is 2. The van der Waals surface area contributed by atoms with Gasteiger partial charge in [-0.05, 0) is 6.92 Å². The third kappa shape index (κ3) is 13.6. The maximum atomic E-state index is 12.7. The predicted molar refractivity (Wildman–Crippen MR) is 81.4 cm³/mol. The minimum absolute atomic E-state index is 0. The van der Waals surface area contributed by atoms with Crippen LogP contribution in [-0.2, 0) is 65.4 Å². The van der Waals surface area contributed by atoms with Crippen molar-refractivity contribution in [2.45, 2.75) is 53.6 Å². The van der Waals surface area contributed by atoms with Gasteiger partial charge in [-0.15, -0.1) is 5.56 Å². The molecule has 0 amide bonds. The number of alkyl halides is 5. The Labute approximate surface area is 214 Å². The summed E-state index contributed by atoms with van der Waals surface area (Å²) in [5.74, 6) is -13.1. The van der Waals surface area contributed by atoms with Crippen LogP contribution >= 0.6 is 0 Å². The first-order chi connectivity index (χ1) is 11.9. The molecule has 0 fully saturated rings. The molecule has 0 aliphatic rings. The van der Waals surface area contributed by atoms with Crippen molar-refractivity contribution in [1.82, 2.24) is 0 Å². The fourth-order valence-electron chi connectivity index (χ4n) is 0.875. The molecule has 12 heteroatoms. The zero-order valence-corrected chi connectivity index (χ0v) is 22.3. The first-order valence-electron chi connectivity index (χ1n) is 7.45. The molecule has 0 unspecified atom stereocenters. The van der Waals surface area contributed by atoms with E-state index in [0.29, 0.717) is 0 Å². The maximum absolute atomic E-state index is 12.7. The predicted octanol–water partition coefficient (Wildman–Crippen LogP) is 7.41. The quantitative estimate of drug-likeness (QED) is 0.145. The Bertz CT molecular complexity index is 546. The monoisotopic (exact) mass is 592 g/mol. The van der Waals surface area contributed by atoms with Crippen LogP contribution in [0.4, 0.5) is 43.9 Å². The Morgan fingerprint density at radius 2 is 0.931 bits per heavy atom. The normalized spacial score (nSPS) is 10.8. The number of hydrogen-bond donors (Lipinski definition) is 0. The van der Waals surface area contributed by atoms with Gasteiger partial charge in [-0.2, -0.15) is 20.3 Å². The smallest absolute Gasteiger partial charge is 0.272 e. The molecule has 0 aromatic heterocycles. The molecule has 1 aromatic rings. The summed E-state index contributed by atoms with van der Waals surface area (Å²) in [6.07, 6.45) is -3.27. The molecular weight excluding hydrogens is 572 g/mol. The molecule has 0 aliphatic heterocycles. The second-order valence-electron chi connectivity index (χ2n) is 5.88. The second kappa shape index (κ2) is 15.4. The summed E-state index contributed by atoms with van der Waals surface area (Å²) in [4.78, 5) is 0. The molecule has 0 heterocycles. The van der Waals surface area contributed by atoms with Crippen LogP contribution in [0.1, 0.15) is 47.1 Å². The van der Waals surface area contributed by atoms with Gasteiger partial charge in [-0.1, -0.05) is 20.8 Å². The summed E-state index contributed by atoms with van der Waals surface area (Å²) in [5, 5.41) is 0.